The lowest BCUT2D eigenvalue weighted by molar-refractivity contribution is -0.119. The molecule has 0 N–H and O–H groups in total. The highest BCUT2D eigenvalue weighted by atomic mass is 32.2. The third-order valence-electron chi connectivity index (χ3n) is 4.31. The summed E-state index contributed by atoms with van der Waals surface area (Å²) in [6, 6.07) is 17.7. The maximum Gasteiger partial charge on any atom is 0.250 e. The van der Waals surface area contributed by atoms with Gasteiger partial charge >= 0.3 is 0 Å². The van der Waals surface area contributed by atoms with E-state index in [1.807, 2.05) is 65.2 Å². The molecule has 0 bridgehead atoms. The van der Waals surface area contributed by atoms with Crippen LogP contribution in [0.2, 0.25) is 0 Å². The number of amides is 1. The van der Waals surface area contributed by atoms with Gasteiger partial charge in [-0.05, 0) is 23.8 Å². The van der Waals surface area contributed by atoms with Crippen LogP contribution in [0.3, 0.4) is 0 Å². The van der Waals surface area contributed by atoms with E-state index in [0.29, 0.717) is 17.6 Å². The lowest BCUT2D eigenvalue weighted by Gasteiger charge is -2.22. The van der Waals surface area contributed by atoms with E-state index in [0.717, 1.165) is 22.6 Å². The zero-order chi connectivity index (χ0) is 17.9. The average Bonchev–Trinajstić information content (AvgIpc) is 3.05. The molecule has 1 aliphatic heterocycles. The molecule has 0 fully saturated rings. The van der Waals surface area contributed by atoms with E-state index in [9.17, 15) is 4.79 Å². The molecule has 26 heavy (non-hydrogen) atoms. The van der Waals surface area contributed by atoms with Gasteiger partial charge in [0.2, 0.25) is 5.82 Å². The molecule has 2 aromatic carbocycles. The van der Waals surface area contributed by atoms with Gasteiger partial charge in [-0.3, -0.25) is 4.79 Å². The van der Waals surface area contributed by atoms with E-state index in [-0.39, 0.29) is 12.5 Å². The van der Waals surface area contributed by atoms with E-state index in [2.05, 4.69) is 28.4 Å². The van der Waals surface area contributed by atoms with Gasteiger partial charge in [-0.1, -0.05) is 49.4 Å². The standard InChI is InChI=1S/C19H19N5OS/c1-14-11-12-23(16-9-5-6-10-17(16)26-14)18(25)13-24-21-19(20-22-24)15-7-3-2-4-8-15/h2-10,14H,11-13H2,1H3/t14-/m1/s1. The number of hydrogen-bond donors (Lipinski definition) is 0. The second kappa shape index (κ2) is 7.29. The zero-order valence-corrected chi connectivity index (χ0v) is 15.3. The monoisotopic (exact) mass is 365 g/mol. The Kier molecular flexibility index (Phi) is 4.71. The molecule has 0 unspecified atom stereocenters. The van der Waals surface area contributed by atoms with E-state index in [1.54, 1.807) is 0 Å². The molecule has 2 heterocycles. The first-order valence-electron chi connectivity index (χ1n) is 8.60. The minimum atomic E-state index is -0.0239. The Morgan fingerprint density at radius 1 is 1.15 bits per heavy atom. The molecule has 3 aromatic rings. The SMILES string of the molecule is C[C@@H]1CCN(C(=O)Cn2nnc(-c3ccccc3)n2)c2ccccc2S1. The lowest BCUT2D eigenvalue weighted by Crippen LogP contribution is -2.35. The van der Waals surface area contributed by atoms with Gasteiger partial charge in [-0.2, -0.15) is 4.80 Å². The lowest BCUT2D eigenvalue weighted by atomic mass is 10.2. The summed E-state index contributed by atoms with van der Waals surface area (Å²) in [5.41, 5.74) is 1.85. The third kappa shape index (κ3) is 3.48. The van der Waals surface area contributed by atoms with Crippen molar-refractivity contribution >= 4 is 23.4 Å². The van der Waals surface area contributed by atoms with Crippen molar-refractivity contribution < 1.29 is 4.79 Å². The minimum Gasteiger partial charge on any atom is -0.310 e. The minimum absolute atomic E-state index is 0.0239. The van der Waals surface area contributed by atoms with Crippen LogP contribution in [0.25, 0.3) is 11.4 Å². The van der Waals surface area contributed by atoms with Crippen molar-refractivity contribution in [2.75, 3.05) is 11.4 Å². The highest BCUT2D eigenvalue weighted by molar-refractivity contribution is 8.00. The number of aromatic nitrogens is 4. The molecule has 4 rings (SSSR count). The van der Waals surface area contributed by atoms with Crippen molar-refractivity contribution in [1.82, 2.24) is 20.2 Å². The fourth-order valence-electron chi connectivity index (χ4n) is 2.97. The number of carbonyl (C=O) groups excluding carboxylic acids is 1. The van der Waals surface area contributed by atoms with Gasteiger partial charge in [0.05, 0.1) is 5.69 Å². The summed E-state index contributed by atoms with van der Waals surface area (Å²) in [5.74, 6) is 0.503. The molecule has 7 heteroatoms. The maximum atomic E-state index is 12.9. The van der Waals surface area contributed by atoms with Gasteiger partial charge in [0.1, 0.15) is 6.54 Å². The predicted molar refractivity (Wildman–Crippen MR) is 102 cm³/mol. The quantitative estimate of drug-likeness (QED) is 0.713. The number of thioether (sulfide) groups is 1. The third-order valence-corrected chi connectivity index (χ3v) is 5.54. The predicted octanol–water partition coefficient (Wildman–Crippen LogP) is 3.26. The van der Waals surface area contributed by atoms with Gasteiger partial charge in [-0.25, -0.2) is 0 Å². The summed E-state index contributed by atoms with van der Waals surface area (Å²) in [4.78, 5) is 17.3. The number of rotatable bonds is 3. The Morgan fingerprint density at radius 2 is 1.92 bits per heavy atom. The largest absolute Gasteiger partial charge is 0.310 e. The van der Waals surface area contributed by atoms with Gasteiger partial charge in [0.15, 0.2) is 0 Å². The van der Waals surface area contributed by atoms with Crippen molar-refractivity contribution in [3.8, 4) is 11.4 Å². The maximum absolute atomic E-state index is 12.9. The number of nitrogens with zero attached hydrogens (tertiary/aromatic N) is 5. The number of carbonyl (C=O) groups is 1. The zero-order valence-electron chi connectivity index (χ0n) is 14.4. The van der Waals surface area contributed by atoms with Crippen LogP contribution in [-0.4, -0.2) is 37.9 Å². The molecule has 1 aliphatic rings. The van der Waals surface area contributed by atoms with Gasteiger partial charge < -0.3 is 4.90 Å². The second-order valence-electron chi connectivity index (χ2n) is 6.24. The van der Waals surface area contributed by atoms with Gasteiger partial charge in [0.25, 0.3) is 5.91 Å². The van der Waals surface area contributed by atoms with Crippen LogP contribution < -0.4 is 4.90 Å². The molecule has 0 saturated carbocycles. The molecule has 0 spiro atoms. The summed E-state index contributed by atoms with van der Waals surface area (Å²) in [6.07, 6.45) is 0.950. The smallest absolute Gasteiger partial charge is 0.250 e. The first-order valence-corrected chi connectivity index (χ1v) is 9.48. The Bertz CT molecular complexity index is 911. The second-order valence-corrected chi connectivity index (χ2v) is 7.72. The number of fused-ring (bicyclic) bond motifs is 1. The molecule has 1 aromatic heterocycles. The van der Waals surface area contributed by atoms with Crippen LogP contribution in [-0.2, 0) is 11.3 Å². The van der Waals surface area contributed by atoms with Crippen molar-refractivity contribution in [2.24, 2.45) is 0 Å². The summed E-state index contributed by atoms with van der Waals surface area (Å²) in [6.45, 7) is 2.97. The first-order chi connectivity index (χ1) is 12.7. The van der Waals surface area contributed by atoms with Crippen molar-refractivity contribution in [2.45, 2.75) is 30.0 Å². The fourth-order valence-corrected chi connectivity index (χ4v) is 4.08. The summed E-state index contributed by atoms with van der Waals surface area (Å²) < 4.78 is 0. The van der Waals surface area contributed by atoms with Gasteiger partial charge in [0, 0.05) is 22.3 Å². The number of tetrazole rings is 1. The van der Waals surface area contributed by atoms with Crippen LogP contribution in [0.15, 0.2) is 59.5 Å². The van der Waals surface area contributed by atoms with Gasteiger partial charge in [-0.15, -0.1) is 22.0 Å². The van der Waals surface area contributed by atoms with E-state index >= 15 is 0 Å². The molecular weight excluding hydrogens is 346 g/mol. The normalized spacial score (nSPS) is 16.8. The van der Waals surface area contributed by atoms with E-state index in [4.69, 9.17) is 0 Å². The molecule has 6 nitrogen and oxygen atoms in total. The van der Waals surface area contributed by atoms with Crippen molar-refractivity contribution in [1.29, 1.82) is 0 Å². The number of hydrogen-bond acceptors (Lipinski definition) is 5. The summed E-state index contributed by atoms with van der Waals surface area (Å²) in [7, 11) is 0. The van der Waals surface area contributed by atoms with Crippen LogP contribution in [0, 0.1) is 0 Å². The first kappa shape index (κ1) is 16.8. The highest BCUT2D eigenvalue weighted by Gasteiger charge is 2.24. The molecule has 0 saturated heterocycles. The topological polar surface area (TPSA) is 63.9 Å². The average molecular weight is 365 g/mol. The molecule has 132 valence electrons. The molecule has 1 atom stereocenters. The highest BCUT2D eigenvalue weighted by Crippen LogP contribution is 2.37. The van der Waals surface area contributed by atoms with Crippen LogP contribution in [0.1, 0.15) is 13.3 Å². The van der Waals surface area contributed by atoms with Crippen LogP contribution >= 0.6 is 11.8 Å². The molecular formula is C19H19N5OS. The molecule has 0 aliphatic carbocycles. The van der Waals surface area contributed by atoms with Crippen LogP contribution in [0.4, 0.5) is 5.69 Å². The summed E-state index contributed by atoms with van der Waals surface area (Å²) in [5, 5.41) is 12.9. The fraction of sp³-hybridized carbons (Fsp3) is 0.263. The number of benzene rings is 2. The van der Waals surface area contributed by atoms with E-state index in [1.165, 1.54) is 4.80 Å². The number of anilines is 1. The van der Waals surface area contributed by atoms with E-state index < -0.39 is 0 Å². The van der Waals surface area contributed by atoms with Crippen molar-refractivity contribution in [3.05, 3.63) is 54.6 Å². The van der Waals surface area contributed by atoms with Crippen LogP contribution in [0.5, 0.6) is 0 Å². The molecule has 0 radical (unpaired) electrons. The van der Waals surface area contributed by atoms with Crippen molar-refractivity contribution in [3.63, 3.8) is 0 Å². The Labute approximate surface area is 156 Å². The Hall–Kier alpha value is -2.67. The Balaban J connectivity index is 1.54. The Morgan fingerprint density at radius 3 is 2.77 bits per heavy atom. The molecule has 1 amide bonds. The number of para-hydroxylation sites is 1. The summed E-state index contributed by atoms with van der Waals surface area (Å²) >= 11 is 1.82.